The molecule has 2 fully saturated rings. The van der Waals surface area contributed by atoms with E-state index in [1.54, 1.807) is 65.1 Å². The molecule has 0 aliphatic carbocycles. The molecule has 0 bridgehead atoms. The normalized spacial score (nSPS) is 25.0. The molecular formula is C64H97N9O17. The van der Waals surface area contributed by atoms with Crippen LogP contribution in [0.1, 0.15) is 126 Å². The monoisotopic (exact) mass is 1260 g/mol. The highest BCUT2D eigenvalue weighted by molar-refractivity contribution is 6.12. The third-order valence-corrected chi connectivity index (χ3v) is 16.7. The van der Waals surface area contributed by atoms with Crippen LogP contribution in [0.25, 0.3) is 0 Å². The number of ether oxygens (including phenoxy) is 4. The molecule has 4 heterocycles. The summed E-state index contributed by atoms with van der Waals surface area (Å²) in [6, 6.07) is 3.17. The average Bonchev–Trinajstić information content (AvgIpc) is 3.65. The molecule has 4 aliphatic rings. The van der Waals surface area contributed by atoms with Crippen molar-refractivity contribution in [1.82, 2.24) is 35.6 Å². The highest BCUT2D eigenvalue weighted by Gasteiger charge is 2.47. The molecule has 0 aromatic heterocycles. The van der Waals surface area contributed by atoms with Crippen LogP contribution in [0.15, 0.2) is 72.4 Å². The Labute approximate surface area is 527 Å². The predicted molar refractivity (Wildman–Crippen MR) is 333 cm³/mol. The molecule has 26 nitrogen and oxygen atoms in total. The minimum Gasteiger partial charge on any atom is -0.457 e. The Morgan fingerprint density at radius 3 is 2.27 bits per heavy atom. The number of rotatable bonds is 29. The number of benzene rings is 1. The van der Waals surface area contributed by atoms with Crippen molar-refractivity contribution in [2.75, 3.05) is 64.7 Å². The molecule has 10 N–H and O–H groups in total. The molecule has 2 saturated heterocycles. The van der Waals surface area contributed by atoms with Crippen LogP contribution >= 0.6 is 0 Å². The van der Waals surface area contributed by atoms with Crippen LogP contribution in [0.4, 0.5) is 20.1 Å². The number of carbonyl (C=O) groups is 9. The van der Waals surface area contributed by atoms with Gasteiger partial charge in [0.2, 0.25) is 17.7 Å². The lowest BCUT2D eigenvalue weighted by Crippen LogP contribution is -2.54. The number of piperazine rings is 1. The van der Waals surface area contributed by atoms with Gasteiger partial charge in [-0.05, 0) is 108 Å². The molecule has 9 amide bonds. The van der Waals surface area contributed by atoms with Crippen LogP contribution in [0.2, 0.25) is 0 Å². The van der Waals surface area contributed by atoms with E-state index < -0.39 is 89.6 Å². The number of cyclic esters (lactones) is 1. The lowest BCUT2D eigenvalue weighted by Gasteiger charge is -2.37. The van der Waals surface area contributed by atoms with E-state index in [0.717, 1.165) is 4.90 Å². The van der Waals surface area contributed by atoms with Gasteiger partial charge in [-0.1, -0.05) is 65.3 Å². The van der Waals surface area contributed by atoms with Crippen LogP contribution in [-0.4, -0.2) is 213 Å². The van der Waals surface area contributed by atoms with E-state index in [0.29, 0.717) is 63.0 Å². The van der Waals surface area contributed by atoms with Crippen LogP contribution < -0.4 is 31.7 Å². The standard InChI is InChI=1S/C64H97N9O17/c1-10-48(75)43(6)57-49(88-57)39-63(7,85)28-14-16-41(4)56-42(5)19-24-50(64(8,86)29-27-45(74)38-54(79)90-56)89-62(84)72-36-34-71(35-37-72)33-32-70(9)61(83)87-46-22-20-44(21-23-46)67-58(80)47(17-15-30-66-60(65)82)68-59(81)55(40(2)3)69-51(76)18-12-11-13-31-73-52(77)25-26-53(73)78/h14,16,19-26,28,40,42-43,45,47-50,55-57,74-75,85-86H,10-13,15,17-18,27,29-39H2,1-9H3,(H,67,80)(H,68,81)(H,69,76)(H3,65,66,82)/b24-19-,28-14+,41-16+/t42-,43+,45+,47-,48-,49+,50-,55-,56+,57+,63-,64+/m0/s1. The molecule has 1 aromatic rings. The third-order valence-electron chi connectivity index (χ3n) is 16.7. The fourth-order valence-electron chi connectivity index (χ4n) is 10.7. The number of nitrogens with one attached hydrogen (secondary N) is 4. The summed E-state index contributed by atoms with van der Waals surface area (Å²) in [6.07, 6.45) is 8.16. The molecule has 0 saturated carbocycles. The number of hydrogen-bond donors (Lipinski definition) is 9. The topological polar surface area (TPSA) is 362 Å². The molecule has 26 heteroatoms. The number of urea groups is 1. The molecule has 0 radical (unpaired) electrons. The van der Waals surface area contributed by atoms with Gasteiger partial charge < -0.3 is 76.2 Å². The fraction of sp³-hybridized carbons (Fsp3) is 0.641. The van der Waals surface area contributed by atoms with Crippen molar-refractivity contribution in [1.29, 1.82) is 0 Å². The molecule has 4 aliphatic heterocycles. The van der Waals surface area contributed by atoms with Crippen molar-refractivity contribution in [3.8, 4) is 5.75 Å². The maximum atomic E-state index is 13.8. The maximum Gasteiger partial charge on any atom is 0.415 e. The highest BCUT2D eigenvalue weighted by atomic mass is 16.6. The third kappa shape index (κ3) is 23.9. The SMILES string of the molecule is CC[C@H](O)[C@@H](C)[C@H]1O[C@@H]1C[C@@](C)(O)/C=C/C=C(\C)[C@H]1OC(=O)C[C@H](O)CC[C@@](C)(O)[C@@H](OC(=O)N2CCN(CCN(C)C(=O)Oc3ccc(NC(=O)[C@H](CCCNC(N)=O)NC(=O)[C@@H](NC(=O)CCCCCN4C(=O)C=CC4=O)C(C)C)cc3)CC2)/C=C\[C@@H]1C. The number of epoxide rings is 1. The van der Waals surface area contributed by atoms with Crippen molar-refractivity contribution in [3.05, 3.63) is 72.4 Å². The zero-order valence-corrected chi connectivity index (χ0v) is 53.6. The van der Waals surface area contributed by atoms with E-state index in [-0.39, 0.29) is 119 Å². The van der Waals surface area contributed by atoms with E-state index in [4.69, 9.17) is 24.7 Å². The Morgan fingerprint density at radius 2 is 1.62 bits per heavy atom. The highest BCUT2D eigenvalue weighted by Crippen LogP contribution is 2.38. The first-order chi connectivity index (χ1) is 42.5. The number of allylic oxidation sites excluding steroid dienone is 2. The first kappa shape index (κ1) is 73.5. The minimum absolute atomic E-state index is 0.00103. The summed E-state index contributed by atoms with van der Waals surface area (Å²) in [4.78, 5) is 121. The van der Waals surface area contributed by atoms with E-state index in [1.165, 1.54) is 53.1 Å². The van der Waals surface area contributed by atoms with Crippen molar-refractivity contribution < 1.29 is 82.5 Å². The summed E-state index contributed by atoms with van der Waals surface area (Å²) in [5.74, 6) is -3.67. The Hall–Kier alpha value is -7.23. The van der Waals surface area contributed by atoms with Gasteiger partial charge in [-0.2, -0.15) is 0 Å². The smallest absolute Gasteiger partial charge is 0.415 e. The van der Waals surface area contributed by atoms with Crippen LogP contribution in [0, 0.1) is 17.8 Å². The second-order valence-corrected chi connectivity index (χ2v) is 24.9. The molecule has 90 heavy (non-hydrogen) atoms. The number of imide groups is 1. The van der Waals surface area contributed by atoms with E-state index >= 15 is 0 Å². The lowest BCUT2D eigenvalue weighted by atomic mass is 9.88. The molecule has 0 unspecified atom stereocenters. The van der Waals surface area contributed by atoms with Gasteiger partial charge in [0.05, 0.1) is 36.4 Å². The number of nitrogens with two attached hydrogens (primary N) is 1. The molecule has 5 rings (SSSR count). The van der Waals surface area contributed by atoms with Crippen molar-refractivity contribution in [2.24, 2.45) is 23.5 Å². The maximum absolute atomic E-state index is 13.8. The number of primary amides is 1. The van der Waals surface area contributed by atoms with E-state index in [2.05, 4.69) is 26.2 Å². The number of aliphatic hydroxyl groups is 4. The van der Waals surface area contributed by atoms with Gasteiger partial charge in [0.1, 0.15) is 29.5 Å². The van der Waals surface area contributed by atoms with Gasteiger partial charge in [-0.15, -0.1) is 0 Å². The van der Waals surface area contributed by atoms with Crippen LogP contribution in [0.5, 0.6) is 5.75 Å². The fourth-order valence-corrected chi connectivity index (χ4v) is 10.7. The number of hydrogen-bond acceptors (Lipinski definition) is 18. The van der Waals surface area contributed by atoms with Gasteiger partial charge in [-0.3, -0.25) is 38.6 Å². The molecule has 500 valence electrons. The Morgan fingerprint density at radius 1 is 0.944 bits per heavy atom. The van der Waals surface area contributed by atoms with Gasteiger partial charge in [0.15, 0.2) is 6.10 Å². The lowest BCUT2D eigenvalue weighted by molar-refractivity contribution is -0.151. The number of aliphatic hydroxyl groups excluding tert-OH is 2. The molecule has 12 atom stereocenters. The van der Waals surface area contributed by atoms with Gasteiger partial charge in [0, 0.05) is 102 Å². The van der Waals surface area contributed by atoms with Crippen molar-refractivity contribution >= 4 is 59.4 Å². The second kappa shape index (κ2) is 34.8. The first-order valence-corrected chi connectivity index (χ1v) is 31.4. The largest absolute Gasteiger partial charge is 0.457 e. The predicted octanol–water partition coefficient (Wildman–Crippen LogP) is 3.96. The van der Waals surface area contributed by atoms with Crippen molar-refractivity contribution in [2.45, 2.75) is 186 Å². The number of esters is 1. The van der Waals surface area contributed by atoms with Crippen LogP contribution in [-0.2, 0) is 43.0 Å². The number of likely N-dealkylation sites (N-methyl/N-ethyl adjacent to an activating group) is 1. The van der Waals surface area contributed by atoms with Gasteiger partial charge in [0.25, 0.3) is 11.8 Å². The van der Waals surface area contributed by atoms with E-state index in [9.17, 15) is 63.6 Å². The zero-order valence-electron chi connectivity index (χ0n) is 53.6. The number of carbonyl (C=O) groups excluding carboxylic acids is 9. The first-order valence-electron chi connectivity index (χ1n) is 31.4. The summed E-state index contributed by atoms with van der Waals surface area (Å²) >= 11 is 0. The summed E-state index contributed by atoms with van der Waals surface area (Å²) in [5, 5.41) is 54.7. The minimum atomic E-state index is -1.63. The Kier molecular flexibility index (Phi) is 28.4. The number of unbranched alkanes of at least 4 members (excludes halogenated alkanes) is 2. The quantitative estimate of drug-likeness (QED) is 0.0137. The molecule has 0 spiro atoms. The second-order valence-electron chi connectivity index (χ2n) is 24.9. The average molecular weight is 1260 g/mol. The summed E-state index contributed by atoms with van der Waals surface area (Å²) in [5.41, 5.74) is 3.31. The van der Waals surface area contributed by atoms with Gasteiger partial charge >= 0.3 is 24.2 Å². The number of nitrogens with zero attached hydrogens (tertiary/aromatic N) is 4. The molecular weight excluding hydrogens is 1170 g/mol. The number of amides is 9. The van der Waals surface area contributed by atoms with Gasteiger partial charge in [-0.25, -0.2) is 14.4 Å². The Balaban J connectivity index is 1.09. The molecule has 1 aromatic carbocycles. The summed E-state index contributed by atoms with van der Waals surface area (Å²) in [7, 11) is 1.58. The summed E-state index contributed by atoms with van der Waals surface area (Å²) in [6.45, 7) is 16.7. The zero-order chi connectivity index (χ0) is 66.5. The number of anilines is 1. The Bertz CT molecular complexity index is 2730. The van der Waals surface area contributed by atoms with Crippen LogP contribution in [0.3, 0.4) is 0 Å². The van der Waals surface area contributed by atoms with Crippen molar-refractivity contribution in [3.63, 3.8) is 0 Å². The summed E-state index contributed by atoms with van der Waals surface area (Å²) < 4.78 is 23.3. The van der Waals surface area contributed by atoms with E-state index in [1.807, 2.05) is 20.8 Å².